The van der Waals surface area contributed by atoms with Gasteiger partial charge in [0.1, 0.15) is 0 Å². The quantitative estimate of drug-likeness (QED) is 0.774. The highest BCUT2D eigenvalue weighted by atomic mass is 16.3. The van der Waals surface area contributed by atoms with Gasteiger partial charge in [0.05, 0.1) is 6.10 Å². The van der Waals surface area contributed by atoms with Gasteiger partial charge in [-0.2, -0.15) is 0 Å². The van der Waals surface area contributed by atoms with Crippen LogP contribution < -0.4 is 5.32 Å². The minimum absolute atomic E-state index is 0.403. The van der Waals surface area contributed by atoms with E-state index < -0.39 is 6.10 Å². The Balaban J connectivity index is 2.85. The summed E-state index contributed by atoms with van der Waals surface area (Å²) >= 11 is 0. The molecule has 1 aromatic rings. The Morgan fingerprint density at radius 2 is 1.81 bits per heavy atom. The van der Waals surface area contributed by atoms with Crippen LogP contribution in [0.4, 0.5) is 0 Å². The van der Waals surface area contributed by atoms with Gasteiger partial charge in [0.15, 0.2) is 0 Å². The van der Waals surface area contributed by atoms with Crippen LogP contribution in [0.5, 0.6) is 0 Å². The summed E-state index contributed by atoms with van der Waals surface area (Å²) in [6.07, 6.45) is 1.91. The molecule has 1 atom stereocenters. The molecule has 0 fully saturated rings. The number of hydrogen-bond donors (Lipinski definition) is 2. The predicted molar refractivity (Wildman–Crippen MR) is 68.7 cm³/mol. The molecule has 0 spiro atoms. The van der Waals surface area contributed by atoms with E-state index in [1.807, 2.05) is 19.2 Å². The third-order valence-electron chi connectivity index (χ3n) is 3.15. The van der Waals surface area contributed by atoms with Crippen LogP contribution in [-0.2, 0) is 0 Å². The van der Waals surface area contributed by atoms with Crippen LogP contribution in [0.25, 0.3) is 0 Å². The molecule has 16 heavy (non-hydrogen) atoms. The first-order valence-electron chi connectivity index (χ1n) is 6.15. The molecule has 0 aliphatic rings. The van der Waals surface area contributed by atoms with Crippen molar-refractivity contribution in [3.05, 3.63) is 35.4 Å². The van der Waals surface area contributed by atoms with Gasteiger partial charge >= 0.3 is 0 Å². The zero-order valence-electron chi connectivity index (χ0n) is 10.5. The third kappa shape index (κ3) is 3.32. The summed E-state index contributed by atoms with van der Waals surface area (Å²) in [7, 11) is 1.86. The summed E-state index contributed by atoms with van der Waals surface area (Å²) in [6.45, 7) is 5.03. The van der Waals surface area contributed by atoms with Gasteiger partial charge in [-0.3, -0.25) is 0 Å². The average molecular weight is 221 g/mol. The second-order valence-corrected chi connectivity index (χ2v) is 4.26. The first-order chi connectivity index (χ1) is 7.72. The van der Waals surface area contributed by atoms with Gasteiger partial charge in [0, 0.05) is 6.54 Å². The van der Waals surface area contributed by atoms with Crippen molar-refractivity contribution in [1.82, 2.24) is 5.32 Å². The van der Waals surface area contributed by atoms with E-state index in [0.29, 0.717) is 12.5 Å². The molecule has 0 amide bonds. The molecule has 0 saturated carbocycles. The van der Waals surface area contributed by atoms with E-state index in [1.54, 1.807) is 0 Å². The lowest BCUT2D eigenvalue weighted by molar-refractivity contribution is 0.177. The fraction of sp³-hybridized carbons (Fsp3) is 0.571. The second kappa shape index (κ2) is 6.66. The topological polar surface area (TPSA) is 32.3 Å². The molecule has 2 N–H and O–H groups in total. The molecule has 0 aliphatic carbocycles. The van der Waals surface area contributed by atoms with Crippen molar-refractivity contribution in [2.24, 2.45) is 0 Å². The lowest BCUT2D eigenvalue weighted by Gasteiger charge is -2.16. The van der Waals surface area contributed by atoms with Gasteiger partial charge in [-0.05, 0) is 36.9 Å². The molecule has 0 radical (unpaired) electrons. The molecular weight excluding hydrogens is 198 g/mol. The number of likely N-dealkylation sites (N-methyl/N-ethyl adjacent to an activating group) is 1. The van der Waals surface area contributed by atoms with Crippen molar-refractivity contribution < 1.29 is 5.11 Å². The molecule has 90 valence electrons. The molecule has 0 saturated heterocycles. The predicted octanol–water partition coefficient (Wildman–Crippen LogP) is 2.84. The van der Waals surface area contributed by atoms with E-state index in [9.17, 15) is 5.11 Å². The normalized spacial score (nSPS) is 13.1. The van der Waals surface area contributed by atoms with Crippen molar-refractivity contribution in [3.8, 4) is 0 Å². The van der Waals surface area contributed by atoms with Crippen LogP contribution in [0, 0.1) is 0 Å². The van der Waals surface area contributed by atoms with E-state index in [4.69, 9.17) is 0 Å². The van der Waals surface area contributed by atoms with Crippen molar-refractivity contribution in [3.63, 3.8) is 0 Å². The molecule has 1 rings (SSSR count). The maximum atomic E-state index is 9.91. The van der Waals surface area contributed by atoms with Crippen LogP contribution in [-0.4, -0.2) is 18.7 Å². The van der Waals surface area contributed by atoms with E-state index in [0.717, 1.165) is 18.4 Å². The van der Waals surface area contributed by atoms with Crippen molar-refractivity contribution in [1.29, 1.82) is 0 Å². The van der Waals surface area contributed by atoms with E-state index in [-0.39, 0.29) is 0 Å². The summed E-state index contributed by atoms with van der Waals surface area (Å²) in [5, 5.41) is 12.9. The fourth-order valence-corrected chi connectivity index (χ4v) is 2.09. The van der Waals surface area contributed by atoms with Gasteiger partial charge in [-0.25, -0.2) is 0 Å². The fourth-order valence-electron chi connectivity index (χ4n) is 2.09. The summed E-state index contributed by atoms with van der Waals surface area (Å²) in [6, 6.07) is 8.34. The average Bonchev–Trinajstić information content (AvgIpc) is 2.31. The minimum atomic E-state index is -0.403. The monoisotopic (exact) mass is 221 g/mol. The number of hydrogen-bond acceptors (Lipinski definition) is 2. The smallest absolute Gasteiger partial charge is 0.0914 e. The largest absolute Gasteiger partial charge is 0.387 e. The van der Waals surface area contributed by atoms with Gasteiger partial charge in [-0.15, -0.1) is 0 Å². The Morgan fingerprint density at radius 3 is 2.38 bits per heavy atom. The highest BCUT2D eigenvalue weighted by Gasteiger charge is 2.10. The Hall–Kier alpha value is -0.860. The SMILES string of the molecule is CCC(CC)c1cccc(C(O)CNC)c1. The lowest BCUT2D eigenvalue weighted by Crippen LogP contribution is -2.16. The molecule has 1 aromatic carbocycles. The Bertz CT molecular complexity index is 307. The summed E-state index contributed by atoms with van der Waals surface area (Å²) in [4.78, 5) is 0. The number of rotatable bonds is 6. The number of aliphatic hydroxyl groups excluding tert-OH is 1. The van der Waals surface area contributed by atoms with Crippen LogP contribution in [0.2, 0.25) is 0 Å². The molecule has 0 aromatic heterocycles. The van der Waals surface area contributed by atoms with Crippen molar-refractivity contribution >= 4 is 0 Å². The summed E-state index contributed by atoms with van der Waals surface area (Å²) in [5.74, 6) is 0.613. The summed E-state index contributed by atoms with van der Waals surface area (Å²) < 4.78 is 0. The molecule has 1 unspecified atom stereocenters. The number of aliphatic hydroxyl groups is 1. The van der Waals surface area contributed by atoms with Gasteiger partial charge in [0.2, 0.25) is 0 Å². The van der Waals surface area contributed by atoms with Crippen molar-refractivity contribution in [2.45, 2.75) is 38.7 Å². The third-order valence-corrected chi connectivity index (χ3v) is 3.15. The standard InChI is InChI=1S/C14H23NO/c1-4-11(5-2)12-7-6-8-13(9-12)14(16)10-15-3/h6-9,11,14-16H,4-5,10H2,1-3H3. The molecule has 2 heteroatoms. The van der Waals surface area contributed by atoms with Gasteiger partial charge in [0.25, 0.3) is 0 Å². The lowest BCUT2D eigenvalue weighted by atomic mass is 9.92. The second-order valence-electron chi connectivity index (χ2n) is 4.26. The molecule has 2 nitrogen and oxygen atoms in total. The van der Waals surface area contributed by atoms with Crippen molar-refractivity contribution in [2.75, 3.05) is 13.6 Å². The molecule has 0 heterocycles. The Labute approximate surface area is 98.7 Å². The van der Waals surface area contributed by atoms with Gasteiger partial charge in [-0.1, -0.05) is 38.1 Å². The van der Waals surface area contributed by atoms with Gasteiger partial charge < -0.3 is 10.4 Å². The zero-order valence-corrected chi connectivity index (χ0v) is 10.5. The Kier molecular flexibility index (Phi) is 5.50. The highest BCUT2D eigenvalue weighted by molar-refractivity contribution is 5.28. The maximum absolute atomic E-state index is 9.91. The number of benzene rings is 1. The molecular formula is C14H23NO. The maximum Gasteiger partial charge on any atom is 0.0914 e. The number of nitrogens with one attached hydrogen (secondary N) is 1. The summed E-state index contributed by atoms with van der Waals surface area (Å²) in [5.41, 5.74) is 2.36. The van der Waals surface area contributed by atoms with E-state index in [1.165, 1.54) is 5.56 Å². The zero-order chi connectivity index (χ0) is 12.0. The first-order valence-corrected chi connectivity index (χ1v) is 6.15. The van der Waals surface area contributed by atoms with E-state index >= 15 is 0 Å². The van der Waals surface area contributed by atoms with Crippen LogP contribution in [0.3, 0.4) is 0 Å². The van der Waals surface area contributed by atoms with Crippen LogP contribution in [0.15, 0.2) is 24.3 Å². The van der Waals surface area contributed by atoms with Crippen LogP contribution in [0.1, 0.15) is 49.8 Å². The highest BCUT2D eigenvalue weighted by Crippen LogP contribution is 2.25. The molecule has 0 bridgehead atoms. The Morgan fingerprint density at radius 1 is 1.19 bits per heavy atom. The molecule has 0 aliphatic heterocycles. The minimum Gasteiger partial charge on any atom is -0.387 e. The van der Waals surface area contributed by atoms with E-state index in [2.05, 4.69) is 31.3 Å². The van der Waals surface area contributed by atoms with Crippen LogP contribution >= 0.6 is 0 Å². The first kappa shape index (κ1) is 13.2.